The lowest BCUT2D eigenvalue weighted by Crippen LogP contribution is -2.38. The van der Waals surface area contributed by atoms with Crippen LogP contribution in [0.4, 0.5) is 0 Å². The molecule has 1 aromatic carbocycles. The van der Waals surface area contributed by atoms with Crippen LogP contribution in [0.15, 0.2) is 18.2 Å². The first-order valence-corrected chi connectivity index (χ1v) is 6.03. The molecular formula is C14H21NO. The third-order valence-electron chi connectivity index (χ3n) is 3.25. The molecule has 0 radical (unpaired) electrons. The van der Waals surface area contributed by atoms with E-state index in [1.54, 1.807) is 6.07 Å². The zero-order valence-corrected chi connectivity index (χ0v) is 10.4. The molecule has 88 valence electrons. The molecule has 0 amide bonds. The lowest BCUT2D eigenvalue weighted by molar-refractivity contribution is 0.405. The van der Waals surface area contributed by atoms with E-state index >= 15 is 0 Å². The Morgan fingerprint density at radius 1 is 1.38 bits per heavy atom. The van der Waals surface area contributed by atoms with Crippen LogP contribution in [0.1, 0.15) is 44.2 Å². The number of nitrogens with one attached hydrogen (secondary N) is 1. The van der Waals surface area contributed by atoms with Crippen molar-refractivity contribution in [3.8, 4) is 5.75 Å². The summed E-state index contributed by atoms with van der Waals surface area (Å²) in [5, 5.41) is 13.3. The second-order valence-corrected chi connectivity index (χ2v) is 5.71. The fourth-order valence-electron chi connectivity index (χ4n) is 2.36. The van der Waals surface area contributed by atoms with Gasteiger partial charge in [0.25, 0.3) is 0 Å². The number of hydrogen-bond acceptors (Lipinski definition) is 2. The second-order valence-electron chi connectivity index (χ2n) is 5.71. The molecule has 1 unspecified atom stereocenters. The Balaban J connectivity index is 2.09. The number of benzene rings is 1. The van der Waals surface area contributed by atoms with E-state index in [2.05, 4.69) is 32.2 Å². The highest BCUT2D eigenvalue weighted by molar-refractivity contribution is 5.44. The molecule has 1 aliphatic rings. The highest BCUT2D eigenvalue weighted by Crippen LogP contribution is 2.37. The van der Waals surface area contributed by atoms with E-state index in [9.17, 15) is 5.11 Å². The Labute approximate surface area is 97.7 Å². The van der Waals surface area contributed by atoms with Crippen LogP contribution in [0.25, 0.3) is 0 Å². The molecule has 2 nitrogen and oxygen atoms in total. The van der Waals surface area contributed by atoms with Crippen LogP contribution in [-0.2, 0) is 6.42 Å². The zero-order chi connectivity index (χ0) is 11.8. The molecular weight excluding hydrogens is 198 g/mol. The SMILES string of the molecule is CC(C)(C)NCC1CCc2c(O)cccc21. The van der Waals surface area contributed by atoms with Gasteiger partial charge in [-0.2, -0.15) is 0 Å². The van der Waals surface area contributed by atoms with Crippen LogP contribution >= 0.6 is 0 Å². The fourth-order valence-corrected chi connectivity index (χ4v) is 2.36. The number of rotatable bonds is 2. The number of fused-ring (bicyclic) bond motifs is 1. The predicted molar refractivity (Wildman–Crippen MR) is 66.9 cm³/mol. The van der Waals surface area contributed by atoms with Gasteiger partial charge in [0, 0.05) is 12.1 Å². The summed E-state index contributed by atoms with van der Waals surface area (Å²) in [5.41, 5.74) is 2.65. The summed E-state index contributed by atoms with van der Waals surface area (Å²) in [6.07, 6.45) is 2.16. The smallest absolute Gasteiger partial charge is 0.119 e. The van der Waals surface area contributed by atoms with E-state index in [4.69, 9.17) is 0 Å². The van der Waals surface area contributed by atoms with Gasteiger partial charge >= 0.3 is 0 Å². The van der Waals surface area contributed by atoms with Crippen molar-refractivity contribution in [3.05, 3.63) is 29.3 Å². The van der Waals surface area contributed by atoms with Crippen molar-refractivity contribution in [2.24, 2.45) is 0 Å². The molecule has 0 aliphatic heterocycles. The molecule has 0 heterocycles. The van der Waals surface area contributed by atoms with Gasteiger partial charge in [-0.3, -0.25) is 0 Å². The van der Waals surface area contributed by atoms with Gasteiger partial charge in [0.2, 0.25) is 0 Å². The van der Waals surface area contributed by atoms with Crippen LogP contribution in [-0.4, -0.2) is 17.2 Å². The lowest BCUT2D eigenvalue weighted by atomic mass is 9.99. The van der Waals surface area contributed by atoms with E-state index in [1.165, 1.54) is 5.56 Å². The molecule has 2 heteroatoms. The standard InChI is InChI=1S/C14H21NO/c1-14(2,3)15-9-10-7-8-12-11(10)5-4-6-13(12)16/h4-6,10,15-16H,7-9H2,1-3H3. The maximum atomic E-state index is 9.76. The van der Waals surface area contributed by atoms with E-state index in [0.29, 0.717) is 11.7 Å². The van der Waals surface area contributed by atoms with Crippen molar-refractivity contribution in [1.82, 2.24) is 5.32 Å². The molecule has 2 rings (SSSR count). The molecule has 16 heavy (non-hydrogen) atoms. The topological polar surface area (TPSA) is 32.3 Å². The number of phenols is 1. The Kier molecular flexibility index (Phi) is 2.94. The number of phenolic OH excluding ortho intramolecular Hbond substituents is 1. The van der Waals surface area contributed by atoms with E-state index in [-0.39, 0.29) is 5.54 Å². The maximum Gasteiger partial charge on any atom is 0.119 e. The van der Waals surface area contributed by atoms with E-state index in [1.807, 2.05) is 6.07 Å². The molecule has 0 aromatic heterocycles. The van der Waals surface area contributed by atoms with Crippen molar-refractivity contribution in [3.63, 3.8) is 0 Å². The monoisotopic (exact) mass is 219 g/mol. The molecule has 0 saturated carbocycles. The Bertz CT molecular complexity index is 379. The van der Waals surface area contributed by atoms with Gasteiger partial charge in [-0.05, 0) is 56.7 Å². The van der Waals surface area contributed by atoms with Crippen LogP contribution in [0.2, 0.25) is 0 Å². The third kappa shape index (κ3) is 2.38. The maximum absolute atomic E-state index is 9.76. The highest BCUT2D eigenvalue weighted by Gasteiger charge is 2.25. The van der Waals surface area contributed by atoms with Gasteiger partial charge in [-0.25, -0.2) is 0 Å². The van der Waals surface area contributed by atoms with Crippen LogP contribution in [0.5, 0.6) is 5.75 Å². The van der Waals surface area contributed by atoms with Gasteiger partial charge in [0.1, 0.15) is 5.75 Å². The van der Waals surface area contributed by atoms with Gasteiger partial charge in [-0.15, -0.1) is 0 Å². The third-order valence-corrected chi connectivity index (χ3v) is 3.25. The number of aromatic hydroxyl groups is 1. The molecule has 0 bridgehead atoms. The van der Waals surface area contributed by atoms with Crippen LogP contribution in [0.3, 0.4) is 0 Å². The Morgan fingerprint density at radius 2 is 2.12 bits per heavy atom. The minimum Gasteiger partial charge on any atom is -0.508 e. The van der Waals surface area contributed by atoms with Crippen LogP contribution < -0.4 is 5.32 Å². The van der Waals surface area contributed by atoms with E-state index < -0.39 is 0 Å². The summed E-state index contributed by atoms with van der Waals surface area (Å²) in [4.78, 5) is 0. The summed E-state index contributed by atoms with van der Waals surface area (Å²) >= 11 is 0. The molecule has 0 spiro atoms. The highest BCUT2D eigenvalue weighted by atomic mass is 16.3. The van der Waals surface area contributed by atoms with Crippen LogP contribution in [0, 0.1) is 0 Å². The van der Waals surface area contributed by atoms with Crippen molar-refractivity contribution >= 4 is 0 Å². The van der Waals surface area contributed by atoms with Gasteiger partial charge < -0.3 is 10.4 Å². The quantitative estimate of drug-likeness (QED) is 0.801. The minimum atomic E-state index is 0.166. The normalized spacial score (nSPS) is 19.8. The summed E-state index contributed by atoms with van der Waals surface area (Å²) < 4.78 is 0. The van der Waals surface area contributed by atoms with Crippen molar-refractivity contribution in [1.29, 1.82) is 0 Å². The zero-order valence-electron chi connectivity index (χ0n) is 10.4. The predicted octanol–water partition coefficient (Wildman–Crippen LogP) is 2.81. The summed E-state index contributed by atoms with van der Waals surface area (Å²) in [7, 11) is 0. The van der Waals surface area contributed by atoms with E-state index in [0.717, 1.165) is 24.9 Å². The molecule has 0 saturated heterocycles. The first-order chi connectivity index (χ1) is 7.47. The van der Waals surface area contributed by atoms with Crippen molar-refractivity contribution < 1.29 is 5.11 Å². The van der Waals surface area contributed by atoms with Gasteiger partial charge in [0.05, 0.1) is 0 Å². The fraction of sp³-hybridized carbons (Fsp3) is 0.571. The summed E-state index contributed by atoms with van der Waals surface area (Å²) in [5.74, 6) is 1.03. The molecule has 1 aliphatic carbocycles. The minimum absolute atomic E-state index is 0.166. The first kappa shape index (κ1) is 11.5. The second kappa shape index (κ2) is 4.10. The number of hydrogen-bond donors (Lipinski definition) is 2. The van der Waals surface area contributed by atoms with Gasteiger partial charge in [-0.1, -0.05) is 12.1 Å². The first-order valence-electron chi connectivity index (χ1n) is 6.03. The summed E-state index contributed by atoms with van der Waals surface area (Å²) in [6, 6.07) is 5.89. The molecule has 0 fully saturated rings. The van der Waals surface area contributed by atoms with Gasteiger partial charge in [0.15, 0.2) is 0 Å². The molecule has 1 atom stereocenters. The lowest BCUT2D eigenvalue weighted by Gasteiger charge is -2.23. The summed E-state index contributed by atoms with van der Waals surface area (Å²) in [6.45, 7) is 7.56. The Morgan fingerprint density at radius 3 is 2.81 bits per heavy atom. The largest absolute Gasteiger partial charge is 0.508 e. The average Bonchev–Trinajstić information content (AvgIpc) is 2.58. The molecule has 2 N–H and O–H groups in total. The Hall–Kier alpha value is -1.02. The average molecular weight is 219 g/mol. The molecule has 1 aromatic rings. The van der Waals surface area contributed by atoms with Crippen molar-refractivity contribution in [2.75, 3.05) is 6.54 Å². The van der Waals surface area contributed by atoms with Crippen molar-refractivity contribution in [2.45, 2.75) is 45.1 Å².